The number of halogens is 2. The number of aryl methyl sites for hydroxylation is 1. The number of amides is 1. The van der Waals surface area contributed by atoms with Gasteiger partial charge in [0.15, 0.2) is 0 Å². The highest BCUT2D eigenvalue weighted by Gasteiger charge is 2.10. The molecule has 1 N–H and O–H groups in total. The number of nitrogens with one attached hydrogen (secondary N) is 1. The molecule has 4 nitrogen and oxygen atoms in total. The summed E-state index contributed by atoms with van der Waals surface area (Å²) in [5.41, 5.74) is 2.78. The molecule has 2 aromatic heterocycles. The molecule has 3 rings (SSSR count). The second-order valence-electron chi connectivity index (χ2n) is 5.03. The highest BCUT2D eigenvalue weighted by molar-refractivity contribution is 6.30. The van der Waals surface area contributed by atoms with Gasteiger partial charge < -0.3 is 9.72 Å². The van der Waals surface area contributed by atoms with E-state index in [1.165, 1.54) is 12.3 Å². The van der Waals surface area contributed by atoms with E-state index in [9.17, 15) is 9.18 Å². The second kappa shape index (κ2) is 5.77. The van der Waals surface area contributed by atoms with Crippen LogP contribution in [-0.4, -0.2) is 15.3 Å². The number of aromatic nitrogens is 2. The quantitative estimate of drug-likeness (QED) is 0.802. The van der Waals surface area contributed by atoms with Crippen LogP contribution in [0.15, 0.2) is 42.7 Å². The molecule has 0 aliphatic heterocycles. The number of hydrogen-bond acceptors (Lipinski definition) is 2. The normalized spacial score (nSPS) is 10.9. The summed E-state index contributed by atoms with van der Waals surface area (Å²) in [5, 5.41) is 3.44. The predicted octanol–water partition coefficient (Wildman–Crippen LogP) is 3.62. The van der Waals surface area contributed by atoms with E-state index < -0.39 is 0 Å². The number of nitrogens with zero attached hydrogens (tertiary/aromatic N) is 2. The second-order valence-corrected chi connectivity index (χ2v) is 5.47. The summed E-state index contributed by atoms with van der Waals surface area (Å²) in [6.45, 7) is 1.87. The number of anilines is 1. The van der Waals surface area contributed by atoms with Gasteiger partial charge in [-0.15, -0.1) is 0 Å². The lowest BCUT2D eigenvalue weighted by Gasteiger charge is -2.07. The van der Waals surface area contributed by atoms with Crippen LogP contribution in [-0.2, 0) is 11.2 Å². The van der Waals surface area contributed by atoms with E-state index in [1.54, 1.807) is 34.9 Å². The summed E-state index contributed by atoms with van der Waals surface area (Å²) in [7, 11) is 0. The minimum atomic E-state index is -0.349. The third-order valence-corrected chi connectivity index (χ3v) is 3.50. The third-order valence-electron chi connectivity index (χ3n) is 3.27. The van der Waals surface area contributed by atoms with Crippen molar-refractivity contribution in [3.8, 4) is 0 Å². The van der Waals surface area contributed by atoms with Crippen molar-refractivity contribution in [2.45, 2.75) is 13.3 Å². The zero-order chi connectivity index (χ0) is 15.7. The number of carbonyl (C=O) groups is 1. The van der Waals surface area contributed by atoms with Gasteiger partial charge in [0.1, 0.15) is 11.5 Å². The zero-order valence-electron chi connectivity index (χ0n) is 11.8. The van der Waals surface area contributed by atoms with Crippen molar-refractivity contribution < 1.29 is 9.18 Å². The van der Waals surface area contributed by atoms with E-state index >= 15 is 0 Å². The third kappa shape index (κ3) is 3.09. The van der Waals surface area contributed by atoms with Crippen molar-refractivity contribution in [3.05, 3.63) is 64.8 Å². The molecule has 0 aliphatic rings. The maximum absolute atomic E-state index is 13.1. The lowest BCUT2D eigenvalue weighted by Crippen LogP contribution is -2.15. The molecule has 0 aliphatic carbocycles. The fourth-order valence-electron chi connectivity index (χ4n) is 2.23. The van der Waals surface area contributed by atoms with E-state index in [0.29, 0.717) is 22.1 Å². The Morgan fingerprint density at radius 2 is 2.14 bits per heavy atom. The van der Waals surface area contributed by atoms with Crippen LogP contribution in [0.2, 0.25) is 5.02 Å². The molecule has 0 saturated carbocycles. The lowest BCUT2D eigenvalue weighted by molar-refractivity contribution is -0.115. The first-order valence-electron chi connectivity index (χ1n) is 6.70. The molecule has 112 valence electrons. The Balaban J connectivity index is 1.75. The van der Waals surface area contributed by atoms with E-state index in [0.717, 1.165) is 5.56 Å². The molecule has 1 aromatic carbocycles. The van der Waals surface area contributed by atoms with Crippen molar-refractivity contribution >= 4 is 28.8 Å². The van der Waals surface area contributed by atoms with Gasteiger partial charge in [-0.1, -0.05) is 11.6 Å². The molecule has 0 radical (unpaired) electrons. The summed E-state index contributed by atoms with van der Waals surface area (Å²) in [6, 6.07) is 8.17. The monoisotopic (exact) mass is 317 g/mol. The largest absolute Gasteiger partial charge is 0.326 e. The molecule has 22 heavy (non-hydrogen) atoms. The fraction of sp³-hybridized carbons (Fsp3) is 0.125. The van der Waals surface area contributed by atoms with E-state index in [2.05, 4.69) is 10.3 Å². The first-order valence-corrected chi connectivity index (χ1v) is 7.08. The SMILES string of the molecule is Cc1cc(Cl)ccc1NC(=O)Cc1cn2cc(F)ccc2n1. The summed E-state index contributed by atoms with van der Waals surface area (Å²) in [5.74, 6) is -0.535. The number of fused-ring (bicyclic) bond motifs is 1. The number of pyridine rings is 1. The Morgan fingerprint density at radius 3 is 2.91 bits per heavy atom. The molecule has 1 amide bonds. The number of rotatable bonds is 3. The average Bonchev–Trinajstić information content (AvgIpc) is 2.83. The van der Waals surface area contributed by atoms with Crippen LogP contribution in [0.4, 0.5) is 10.1 Å². The first kappa shape index (κ1) is 14.5. The van der Waals surface area contributed by atoms with Gasteiger partial charge in [0.25, 0.3) is 0 Å². The van der Waals surface area contributed by atoms with Gasteiger partial charge in [-0.3, -0.25) is 4.79 Å². The highest BCUT2D eigenvalue weighted by Crippen LogP contribution is 2.19. The van der Waals surface area contributed by atoms with E-state index in [1.807, 2.05) is 6.92 Å². The van der Waals surface area contributed by atoms with Crippen molar-refractivity contribution in [2.24, 2.45) is 0 Å². The van der Waals surface area contributed by atoms with Crippen LogP contribution >= 0.6 is 11.6 Å². The topological polar surface area (TPSA) is 46.4 Å². The summed E-state index contributed by atoms with van der Waals surface area (Å²) in [6.07, 6.45) is 3.09. The maximum Gasteiger partial charge on any atom is 0.230 e. The minimum Gasteiger partial charge on any atom is -0.326 e. The van der Waals surface area contributed by atoms with Crippen LogP contribution < -0.4 is 5.32 Å². The summed E-state index contributed by atoms with van der Waals surface area (Å²) < 4.78 is 14.7. The predicted molar refractivity (Wildman–Crippen MR) is 83.7 cm³/mol. The van der Waals surface area contributed by atoms with Gasteiger partial charge in [-0.25, -0.2) is 9.37 Å². The number of imidazole rings is 1. The molecule has 2 heterocycles. The van der Waals surface area contributed by atoms with Crippen LogP contribution in [0.3, 0.4) is 0 Å². The Labute approximate surface area is 131 Å². The zero-order valence-corrected chi connectivity index (χ0v) is 12.6. The van der Waals surface area contributed by atoms with Crippen molar-refractivity contribution in [2.75, 3.05) is 5.32 Å². The van der Waals surface area contributed by atoms with Gasteiger partial charge in [0.2, 0.25) is 5.91 Å². The van der Waals surface area contributed by atoms with E-state index in [4.69, 9.17) is 11.6 Å². The van der Waals surface area contributed by atoms with Crippen LogP contribution in [0.1, 0.15) is 11.3 Å². The van der Waals surface area contributed by atoms with Gasteiger partial charge in [-0.05, 0) is 42.8 Å². The maximum atomic E-state index is 13.1. The Morgan fingerprint density at radius 1 is 1.32 bits per heavy atom. The smallest absolute Gasteiger partial charge is 0.230 e. The molecule has 6 heteroatoms. The molecular formula is C16H13ClFN3O. The molecule has 3 aromatic rings. The van der Waals surface area contributed by atoms with Crippen molar-refractivity contribution in [1.29, 1.82) is 0 Å². The number of hydrogen-bond donors (Lipinski definition) is 1. The lowest BCUT2D eigenvalue weighted by atomic mass is 10.2. The van der Waals surface area contributed by atoms with Crippen LogP contribution in [0.5, 0.6) is 0 Å². The van der Waals surface area contributed by atoms with Gasteiger partial charge in [0, 0.05) is 23.1 Å². The molecule has 0 fully saturated rings. The first-order chi connectivity index (χ1) is 10.5. The van der Waals surface area contributed by atoms with Gasteiger partial charge >= 0.3 is 0 Å². The van der Waals surface area contributed by atoms with Crippen LogP contribution in [0, 0.1) is 12.7 Å². The Bertz CT molecular complexity index is 860. The molecule has 0 bridgehead atoms. The summed E-state index contributed by atoms with van der Waals surface area (Å²) >= 11 is 5.89. The van der Waals surface area contributed by atoms with Gasteiger partial charge in [0.05, 0.1) is 12.1 Å². The number of carbonyl (C=O) groups excluding carboxylic acids is 1. The average molecular weight is 318 g/mol. The molecule has 0 spiro atoms. The number of benzene rings is 1. The van der Waals surface area contributed by atoms with Crippen molar-refractivity contribution in [1.82, 2.24) is 9.38 Å². The van der Waals surface area contributed by atoms with Gasteiger partial charge in [-0.2, -0.15) is 0 Å². The van der Waals surface area contributed by atoms with Crippen LogP contribution in [0.25, 0.3) is 5.65 Å². The minimum absolute atomic E-state index is 0.116. The molecule has 0 atom stereocenters. The Kier molecular flexibility index (Phi) is 3.81. The molecular weight excluding hydrogens is 305 g/mol. The molecule has 0 saturated heterocycles. The fourth-order valence-corrected chi connectivity index (χ4v) is 2.46. The Hall–Kier alpha value is -2.40. The van der Waals surface area contributed by atoms with Crippen molar-refractivity contribution in [3.63, 3.8) is 0 Å². The highest BCUT2D eigenvalue weighted by atomic mass is 35.5. The molecule has 0 unspecified atom stereocenters. The summed E-state index contributed by atoms with van der Waals surface area (Å²) in [4.78, 5) is 16.4. The standard InChI is InChI=1S/C16H13ClFN3O/c1-10-6-11(17)2-4-14(10)20-16(22)7-13-9-21-8-12(18)3-5-15(21)19-13/h2-6,8-9H,7H2,1H3,(H,20,22). The van der Waals surface area contributed by atoms with E-state index in [-0.39, 0.29) is 18.1 Å².